The van der Waals surface area contributed by atoms with Crippen LogP contribution in [0, 0.1) is 0 Å². The molecule has 0 saturated carbocycles. The van der Waals surface area contributed by atoms with E-state index in [0.717, 1.165) is 12.1 Å². The number of hydrogen-bond acceptors (Lipinski definition) is 4. The first-order valence-electron chi connectivity index (χ1n) is 4.79. The van der Waals surface area contributed by atoms with E-state index in [4.69, 9.17) is 5.84 Å². The molecule has 0 saturated heterocycles. The van der Waals surface area contributed by atoms with Gasteiger partial charge < -0.3 is 4.90 Å². The molecule has 0 atom stereocenters. The number of pyridine rings is 1. The first-order chi connectivity index (χ1) is 7.22. The molecule has 1 heterocycles. The molecule has 1 amide bonds. The molecular formula is C10H16N4O. The Labute approximate surface area is 89.3 Å². The SMILES string of the molecule is CN(CCC(=O)NN)Cc1cccnc1. The fourth-order valence-corrected chi connectivity index (χ4v) is 1.25. The van der Waals surface area contributed by atoms with Gasteiger partial charge in [-0.15, -0.1) is 0 Å². The van der Waals surface area contributed by atoms with E-state index < -0.39 is 0 Å². The maximum Gasteiger partial charge on any atom is 0.235 e. The van der Waals surface area contributed by atoms with Crippen molar-refractivity contribution in [1.82, 2.24) is 15.3 Å². The van der Waals surface area contributed by atoms with Gasteiger partial charge in [0.1, 0.15) is 0 Å². The van der Waals surface area contributed by atoms with Crippen LogP contribution in [0.3, 0.4) is 0 Å². The quantitative estimate of drug-likeness (QED) is 0.402. The molecule has 0 aliphatic rings. The maximum atomic E-state index is 10.9. The summed E-state index contributed by atoms with van der Waals surface area (Å²) in [5, 5.41) is 0. The van der Waals surface area contributed by atoms with E-state index in [1.165, 1.54) is 0 Å². The van der Waals surface area contributed by atoms with Gasteiger partial charge in [-0.1, -0.05) is 6.07 Å². The molecule has 1 aromatic heterocycles. The number of nitrogens with zero attached hydrogens (tertiary/aromatic N) is 2. The van der Waals surface area contributed by atoms with Crippen LogP contribution in [0.1, 0.15) is 12.0 Å². The molecule has 82 valence electrons. The number of nitrogens with one attached hydrogen (secondary N) is 1. The van der Waals surface area contributed by atoms with Crippen molar-refractivity contribution in [2.45, 2.75) is 13.0 Å². The van der Waals surface area contributed by atoms with E-state index in [0.29, 0.717) is 13.0 Å². The molecule has 1 rings (SSSR count). The molecule has 0 radical (unpaired) electrons. The van der Waals surface area contributed by atoms with Gasteiger partial charge in [0.15, 0.2) is 0 Å². The summed E-state index contributed by atoms with van der Waals surface area (Å²) >= 11 is 0. The van der Waals surface area contributed by atoms with Gasteiger partial charge >= 0.3 is 0 Å². The van der Waals surface area contributed by atoms with Gasteiger partial charge in [0.25, 0.3) is 0 Å². The summed E-state index contributed by atoms with van der Waals surface area (Å²) in [5.41, 5.74) is 3.24. The van der Waals surface area contributed by atoms with Crippen LogP contribution in [0.4, 0.5) is 0 Å². The second-order valence-corrected chi connectivity index (χ2v) is 3.42. The topological polar surface area (TPSA) is 71.2 Å². The monoisotopic (exact) mass is 208 g/mol. The largest absolute Gasteiger partial charge is 0.302 e. The van der Waals surface area contributed by atoms with Crippen LogP contribution in [0.5, 0.6) is 0 Å². The summed E-state index contributed by atoms with van der Waals surface area (Å²) in [6, 6.07) is 3.91. The van der Waals surface area contributed by atoms with Gasteiger partial charge in [-0.25, -0.2) is 5.84 Å². The minimum Gasteiger partial charge on any atom is -0.302 e. The number of carbonyl (C=O) groups is 1. The molecule has 0 fully saturated rings. The third kappa shape index (κ3) is 4.53. The van der Waals surface area contributed by atoms with Crippen molar-refractivity contribution in [1.29, 1.82) is 0 Å². The van der Waals surface area contributed by atoms with Crippen LogP contribution < -0.4 is 11.3 Å². The Bertz CT molecular complexity index is 302. The molecule has 0 aromatic carbocycles. The number of aromatic nitrogens is 1. The normalized spacial score (nSPS) is 10.3. The van der Waals surface area contributed by atoms with Crippen molar-refractivity contribution in [2.24, 2.45) is 5.84 Å². The zero-order valence-corrected chi connectivity index (χ0v) is 8.81. The Morgan fingerprint density at radius 2 is 2.47 bits per heavy atom. The van der Waals surface area contributed by atoms with Crippen LogP contribution in [0.15, 0.2) is 24.5 Å². The van der Waals surface area contributed by atoms with Gasteiger partial charge in [0.05, 0.1) is 0 Å². The Hall–Kier alpha value is -1.46. The highest BCUT2D eigenvalue weighted by atomic mass is 16.2. The number of amides is 1. The van der Waals surface area contributed by atoms with Crippen LogP contribution in [0.25, 0.3) is 0 Å². The highest BCUT2D eigenvalue weighted by Crippen LogP contribution is 2.00. The zero-order chi connectivity index (χ0) is 11.1. The summed E-state index contributed by atoms with van der Waals surface area (Å²) in [6.45, 7) is 1.46. The van der Waals surface area contributed by atoms with Gasteiger partial charge in [-0.2, -0.15) is 0 Å². The van der Waals surface area contributed by atoms with Gasteiger partial charge in [-0.3, -0.25) is 15.2 Å². The van der Waals surface area contributed by atoms with Crippen LogP contribution in [0.2, 0.25) is 0 Å². The van der Waals surface area contributed by atoms with Gasteiger partial charge in [0, 0.05) is 31.9 Å². The molecule has 0 bridgehead atoms. The number of hydrazine groups is 1. The molecule has 3 N–H and O–H groups in total. The molecule has 0 aliphatic heterocycles. The van der Waals surface area contributed by atoms with Gasteiger partial charge in [0.2, 0.25) is 5.91 Å². The second kappa shape index (κ2) is 6.10. The average Bonchev–Trinajstić information content (AvgIpc) is 2.27. The number of rotatable bonds is 5. The Morgan fingerprint density at radius 1 is 1.67 bits per heavy atom. The number of carbonyl (C=O) groups excluding carboxylic acids is 1. The van der Waals surface area contributed by atoms with E-state index in [1.54, 1.807) is 6.20 Å². The number of hydrogen-bond donors (Lipinski definition) is 2. The highest BCUT2D eigenvalue weighted by Gasteiger charge is 2.03. The van der Waals surface area contributed by atoms with Crippen LogP contribution >= 0.6 is 0 Å². The zero-order valence-electron chi connectivity index (χ0n) is 8.81. The molecule has 1 aromatic rings. The lowest BCUT2D eigenvalue weighted by Crippen LogP contribution is -2.33. The third-order valence-electron chi connectivity index (χ3n) is 2.06. The molecule has 0 unspecified atom stereocenters. The molecule has 15 heavy (non-hydrogen) atoms. The Balaban J connectivity index is 2.30. The predicted octanol–water partition coefficient (Wildman–Crippen LogP) is -0.107. The van der Waals surface area contributed by atoms with Crippen molar-refractivity contribution < 1.29 is 4.79 Å². The molecule has 5 heteroatoms. The highest BCUT2D eigenvalue weighted by molar-refractivity contribution is 5.75. The smallest absolute Gasteiger partial charge is 0.235 e. The van der Waals surface area contributed by atoms with Crippen LogP contribution in [-0.2, 0) is 11.3 Å². The summed E-state index contributed by atoms with van der Waals surface area (Å²) in [5.74, 6) is 4.84. The molecule has 5 nitrogen and oxygen atoms in total. The summed E-state index contributed by atoms with van der Waals surface area (Å²) < 4.78 is 0. The van der Waals surface area contributed by atoms with E-state index >= 15 is 0 Å². The van der Waals surface area contributed by atoms with E-state index in [9.17, 15) is 4.79 Å². The van der Waals surface area contributed by atoms with Crippen molar-refractivity contribution in [3.05, 3.63) is 30.1 Å². The van der Waals surface area contributed by atoms with Crippen molar-refractivity contribution in [3.8, 4) is 0 Å². The summed E-state index contributed by atoms with van der Waals surface area (Å²) in [7, 11) is 1.96. The fraction of sp³-hybridized carbons (Fsp3) is 0.400. The fourth-order valence-electron chi connectivity index (χ4n) is 1.25. The minimum atomic E-state index is -0.145. The lowest BCUT2D eigenvalue weighted by Gasteiger charge is -2.15. The lowest BCUT2D eigenvalue weighted by atomic mass is 10.2. The van der Waals surface area contributed by atoms with Crippen molar-refractivity contribution in [3.63, 3.8) is 0 Å². The maximum absolute atomic E-state index is 10.9. The average molecular weight is 208 g/mol. The van der Waals surface area contributed by atoms with E-state index in [1.807, 2.05) is 30.3 Å². The van der Waals surface area contributed by atoms with E-state index in [2.05, 4.69) is 10.4 Å². The Kier molecular flexibility index (Phi) is 4.73. The first kappa shape index (κ1) is 11.6. The Morgan fingerprint density at radius 3 is 3.07 bits per heavy atom. The summed E-state index contributed by atoms with van der Waals surface area (Å²) in [6.07, 6.45) is 3.97. The van der Waals surface area contributed by atoms with Gasteiger partial charge in [-0.05, 0) is 18.7 Å². The van der Waals surface area contributed by atoms with Crippen molar-refractivity contribution >= 4 is 5.91 Å². The minimum absolute atomic E-state index is 0.145. The standard InChI is InChI=1S/C10H16N4O/c1-14(6-4-10(15)13-11)8-9-3-2-5-12-7-9/h2-3,5,7H,4,6,8,11H2,1H3,(H,13,15). The van der Waals surface area contributed by atoms with E-state index in [-0.39, 0.29) is 5.91 Å². The molecule has 0 spiro atoms. The lowest BCUT2D eigenvalue weighted by molar-refractivity contribution is -0.121. The molecule has 0 aliphatic carbocycles. The molecular weight excluding hydrogens is 192 g/mol. The van der Waals surface area contributed by atoms with Crippen LogP contribution in [-0.4, -0.2) is 29.4 Å². The number of nitrogens with two attached hydrogens (primary N) is 1. The predicted molar refractivity (Wildman–Crippen MR) is 57.5 cm³/mol. The third-order valence-corrected chi connectivity index (χ3v) is 2.06. The first-order valence-corrected chi connectivity index (χ1v) is 4.79. The summed E-state index contributed by atoms with van der Waals surface area (Å²) in [4.78, 5) is 17.0. The second-order valence-electron chi connectivity index (χ2n) is 3.42. The van der Waals surface area contributed by atoms with Crippen molar-refractivity contribution in [2.75, 3.05) is 13.6 Å².